The van der Waals surface area contributed by atoms with Gasteiger partial charge in [-0.1, -0.05) is 13.2 Å². The zero-order valence-corrected chi connectivity index (χ0v) is 6.63. The molecular weight excluding hydrogens is 140 g/mol. The Morgan fingerprint density at radius 1 is 1.91 bits per heavy atom. The van der Waals surface area contributed by atoms with Gasteiger partial charge in [-0.15, -0.1) is 0 Å². The van der Waals surface area contributed by atoms with Gasteiger partial charge in [-0.05, 0) is 0 Å². The van der Waals surface area contributed by atoms with E-state index < -0.39 is 0 Å². The summed E-state index contributed by atoms with van der Waals surface area (Å²) in [5.74, 6) is 0.674. The molecule has 0 saturated carbocycles. The summed E-state index contributed by atoms with van der Waals surface area (Å²) in [6.45, 7) is 7.23. The van der Waals surface area contributed by atoms with E-state index in [1.807, 2.05) is 0 Å². The van der Waals surface area contributed by atoms with Gasteiger partial charge < -0.3 is 10.1 Å². The Hall–Kier alpha value is -1.25. The molecule has 1 heterocycles. The molecule has 11 heavy (non-hydrogen) atoms. The monoisotopic (exact) mass is 152 g/mol. The van der Waals surface area contributed by atoms with Crippen LogP contribution in [0.2, 0.25) is 0 Å². The average Bonchev–Trinajstić information content (AvgIpc) is 1.95. The van der Waals surface area contributed by atoms with Crippen molar-refractivity contribution in [1.82, 2.24) is 5.32 Å². The topological polar surface area (TPSA) is 33.6 Å². The molecule has 1 fully saturated rings. The predicted molar refractivity (Wildman–Crippen MR) is 45.3 cm³/mol. The molecule has 0 radical (unpaired) electrons. The molecule has 60 valence electrons. The first-order valence-electron chi connectivity index (χ1n) is 3.45. The van der Waals surface area contributed by atoms with E-state index in [1.165, 1.54) is 6.20 Å². The van der Waals surface area contributed by atoms with Crippen molar-refractivity contribution in [3.05, 3.63) is 25.1 Å². The van der Waals surface area contributed by atoms with Crippen molar-refractivity contribution in [2.45, 2.75) is 12.5 Å². The third-order valence-corrected chi connectivity index (χ3v) is 1.55. The Morgan fingerprint density at radius 3 is 2.91 bits per heavy atom. The van der Waals surface area contributed by atoms with Gasteiger partial charge in [0, 0.05) is 18.3 Å². The molecular formula is C8H12N2O. The van der Waals surface area contributed by atoms with Gasteiger partial charge in [-0.25, -0.2) is 4.99 Å². The molecule has 0 spiro atoms. The van der Waals surface area contributed by atoms with Crippen LogP contribution in [0.3, 0.4) is 0 Å². The molecule has 0 bridgehead atoms. The maximum Gasteiger partial charge on any atom is 0.211 e. The first kappa shape index (κ1) is 7.85. The van der Waals surface area contributed by atoms with Gasteiger partial charge in [0.25, 0.3) is 0 Å². The molecule has 0 amide bonds. The number of methoxy groups -OCH3 is 1. The lowest BCUT2D eigenvalue weighted by Gasteiger charge is -2.30. The SMILES string of the molecule is C=CN=C(OC)[C@H]1CC(=C)N1. The highest BCUT2D eigenvalue weighted by atomic mass is 16.5. The summed E-state index contributed by atoms with van der Waals surface area (Å²) in [4.78, 5) is 3.95. The predicted octanol–water partition coefficient (Wildman–Crippen LogP) is 1.05. The van der Waals surface area contributed by atoms with Crippen molar-refractivity contribution in [3.63, 3.8) is 0 Å². The van der Waals surface area contributed by atoms with Gasteiger partial charge in [0.2, 0.25) is 5.90 Å². The van der Waals surface area contributed by atoms with Crippen LogP contribution in [-0.2, 0) is 4.74 Å². The Labute approximate surface area is 66.5 Å². The van der Waals surface area contributed by atoms with Crippen molar-refractivity contribution >= 4 is 5.90 Å². The van der Waals surface area contributed by atoms with Crippen LogP contribution < -0.4 is 5.32 Å². The molecule has 0 aliphatic carbocycles. The molecule has 1 rings (SSSR count). The fraction of sp³-hybridized carbons (Fsp3) is 0.375. The lowest BCUT2D eigenvalue weighted by atomic mass is 10.0. The fourth-order valence-corrected chi connectivity index (χ4v) is 0.996. The molecule has 1 saturated heterocycles. The molecule has 0 aromatic heterocycles. The Bertz CT molecular complexity index is 200. The van der Waals surface area contributed by atoms with Crippen molar-refractivity contribution in [3.8, 4) is 0 Å². The number of rotatable bonds is 2. The van der Waals surface area contributed by atoms with Gasteiger partial charge in [0.1, 0.15) is 6.04 Å². The molecule has 3 nitrogen and oxygen atoms in total. The third-order valence-electron chi connectivity index (χ3n) is 1.55. The second-order valence-electron chi connectivity index (χ2n) is 2.36. The van der Waals surface area contributed by atoms with Crippen LogP contribution in [0, 0.1) is 0 Å². The smallest absolute Gasteiger partial charge is 0.211 e. The Morgan fingerprint density at radius 2 is 2.55 bits per heavy atom. The second-order valence-corrected chi connectivity index (χ2v) is 2.36. The highest BCUT2D eigenvalue weighted by Crippen LogP contribution is 2.14. The summed E-state index contributed by atoms with van der Waals surface area (Å²) in [6, 6.07) is 0.200. The van der Waals surface area contributed by atoms with Crippen LogP contribution >= 0.6 is 0 Å². The molecule has 1 atom stereocenters. The fourth-order valence-electron chi connectivity index (χ4n) is 0.996. The van der Waals surface area contributed by atoms with E-state index in [2.05, 4.69) is 23.5 Å². The quantitative estimate of drug-likeness (QED) is 0.474. The molecule has 0 aromatic rings. The highest BCUT2D eigenvalue weighted by Gasteiger charge is 2.25. The molecule has 1 aliphatic rings. The summed E-state index contributed by atoms with van der Waals surface area (Å²) in [6.07, 6.45) is 2.38. The van der Waals surface area contributed by atoms with E-state index in [0.717, 1.165) is 12.1 Å². The van der Waals surface area contributed by atoms with Crippen molar-refractivity contribution in [1.29, 1.82) is 0 Å². The van der Waals surface area contributed by atoms with Crippen LogP contribution in [-0.4, -0.2) is 19.0 Å². The normalized spacial score (nSPS) is 23.5. The van der Waals surface area contributed by atoms with Crippen LogP contribution in [0.25, 0.3) is 0 Å². The molecule has 1 aliphatic heterocycles. The summed E-state index contributed by atoms with van der Waals surface area (Å²) < 4.78 is 5.02. The van der Waals surface area contributed by atoms with E-state index in [0.29, 0.717) is 5.90 Å². The van der Waals surface area contributed by atoms with E-state index in [1.54, 1.807) is 7.11 Å². The summed E-state index contributed by atoms with van der Waals surface area (Å²) in [5.41, 5.74) is 1.03. The zero-order valence-electron chi connectivity index (χ0n) is 6.63. The van der Waals surface area contributed by atoms with Crippen LogP contribution in [0.4, 0.5) is 0 Å². The summed E-state index contributed by atoms with van der Waals surface area (Å²) in [7, 11) is 1.60. The van der Waals surface area contributed by atoms with Crippen molar-refractivity contribution in [2.75, 3.05) is 7.11 Å². The van der Waals surface area contributed by atoms with E-state index >= 15 is 0 Å². The first-order chi connectivity index (χ1) is 5.27. The minimum Gasteiger partial charge on any atom is -0.483 e. The first-order valence-corrected chi connectivity index (χ1v) is 3.45. The largest absolute Gasteiger partial charge is 0.483 e. The lowest BCUT2D eigenvalue weighted by molar-refractivity contribution is 0.354. The lowest BCUT2D eigenvalue weighted by Crippen LogP contribution is -2.46. The van der Waals surface area contributed by atoms with E-state index in [-0.39, 0.29) is 6.04 Å². The van der Waals surface area contributed by atoms with Crippen LogP contribution in [0.1, 0.15) is 6.42 Å². The minimum absolute atomic E-state index is 0.200. The van der Waals surface area contributed by atoms with E-state index in [9.17, 15) is 0 Å². The summed E-state index contributed by atoms with van der Waals surface area (Å²) in [5, 5.41) is 3.08. The minimum atomic E-state index is 0.200. The highest BCUT2D eigenvalue weighted by molar-refractivity contribution is 5.84. The van der Waals surface area contributed by atoms with Crippen molar-refractivity contribution in [2.24, 2.45) is 4.99 Å². The number of hydrogen-bond acceptors (Lipinski definition) is 3. The maximum absolute atomic E-state index is 5.02. The molecule has 3 heteroatoms. The molecule has 1 N–H and O–H groups in total. The maximum atomic E-state index is 5.02. The zero-order chi connectivity index (χ0) is 8.27. The van der Waals surface area contributed by atoms with E-state index in [4.69, 9.17) is 4.74 Å². The number of aliphatic imine (C=N–C) groups is 1. The van der Waals surface area contributed by atoms with Gasteiger partial charge >= 0.3 is 0 Å². The number of nitrogens with one attached hydrogen (secondary N) is 1. The number of nitrogens with zero attached hydrogens (tertiary/aromatic N) is 1. The molecule has 0 aromatic carbocycles. The van der Waals surface area contributed by atoms with Gasteiger partial charge in [-0.3, -0.25) is 0 Å². The van der Waals surface area contributed by atoms with Crippen LogP contribution in [0.15, 0.2) is 30.0 Å². The number of hydrogen-bond donors (Lipinski definition) is 1. The standard InChI is InChI=1S/C8H12N2O/c1-4-9-8(11-3)7-5-6(2)10-7/h4,7,10H,1-2,5H2,3H3/t7-/m1/s1. The van der Waals surface area contributed by atoms with Crippen LogP contribution in [0.5, 0.6) is 0 Å². The Kier molecular flexibility index (Phi) is 2.31. The van der Waals surface area contributed by atoms with Crippen molar-refractivity contribution < 1.29 is 4.74 Å². The third kappa shape index (κ3) is 1.61. The average molecular weight is 152 g/mol. The van der Waals surface area contributed by atoms with Gasteiger partial charge in [0.15, 0.2) is 0 Å². The Balaban J connectivity index is 2.50. The van der Waals surface area contributed by atoms with Gasteiger partial charge in [-0.2, -0.15) is 0 Å². The molecule has 0 unspecified atom stereocenters. The second kappa shape index (κ2) is 3.23. The summed E-state index contributed by atoms with van der Waals surface area (Å²) >= 11 is 0. The number of ether oxygens (including phenoxy) is 1. The van der Waals surface area contributed by atoms with Gasteiger partial charge in [0.05, 0.1) is 7.11 Å².